The standard InChI is InChI=1S/C25H26N4O6/c1-14(30)22(24(32)33)28-23(31)19-11-27-29(2)21(19)12-26-25(34)35-13-20-17-9-5-3-7-15(17)16-8-4-6-10-18(16)20/h3-11,14,20,22,30H,12-13H2,1-2H3,(H,26,34)(H,28,31)(H,32,33)/t14-,22+/m1/s1. The number of fused-ring (bicyclic) bond motifs is 3. The Morgan fingerprint density at radius 1 is 1.09 bits per heavy atom. The first-order chi connectivity index (χ1) is 16.8. The van der Waals surface area contributed by atoms with Gasteiger partial charge in [0.1, 0.15) is 6.61 Å². The van der Waals surface area contributed by atoms with Gasteiger partial charge in [-0.2, -0.15) is 5.10 Å². The van der Waals surface area contributed by atoms with Crippen molar-refractivity contribution in [2.24, 2.45) is 7.05 Å². The third kappa shape index (κ3) is 4.87. The number of carbonyl (C=O) groups is 3. The fourth-order valence-electron chi connectivity index (χ4n) is 4.28. The van der Waals surface area contributed by atoms with Crippen molar-refractivity contribution in [3.05, 3.63) is 77.1 Å². The number of rotatable bonds is 8. The Morgan fingerprint density at radius 3 is 2.26 bits per heavy atom. The summed E-state index contributed by atoms with van der Waals surface area (Å²) in [7, 11) is 1.59. The van der Waals surface area contributed by atoms with Crippen LogP contribution in [0.2, 0.25) is 0 Å². The van der Waals surface area contributed by atoms with Gasteiger partial charge in [0, 0.05) is 13.0 Å². The normalized spacial score (nSPS) is 13.9. The number of aliphatic hydroxyl groups excluding tert-OH is 1. The van der Waals surface area contributed by atoms with E-state index in [1.54, 1.807) is 7.05 Å². The smallest absolute Gasteiger partial charge is 0.407 e. The van der Waals surface area contributed by atoms with Gasteiger partial charge in [-0.1, -0.05) is 48.5 Å². The van der Waals surface area contributed by atoms with Crippen LogP contribution < -0.4 is 10.6 Å². The third-order valence-electron chi connectivity index (χ3n) is 6.09. The molecule has 2 amide bonds. The summed E-state index contributed by atoms with van der Waals surface area (Å²) in [6.45, 7) is 1.34. The number of hydrogen-bond acceptors (Lipinski definition) is 6. The fourth-order valence-corrected chi connectivity index (χ4v) is 4.28. The lowest BCUT2D eigenvalue weighted by atomic mass is 9.98. The number of nitrogens with zero attached hydrogens (tertiary/aromatic N) is 2. The molecule has 182 valence electrons. The number of aliphatic carboxylic acids is 1. The summed E-state index contributed by atoms with van der Waals surface area (Å²) in [6, 6.07) is 14.5. The zero-order valence-electron chi connectivity index (χ0n) is 19.3. The van der Waals surface area contributed by atoms with E-state index in [1.807, 2.05) is 36.4 Å². The Hall–Kier alpha value is -4.18. The molecule has 3 aromatic rings. The van der Waals surface area contributed by atoms with Crippen LogP contribution in [0.25, 0.3) is 11.1 Å². The molecule has 1 aliphatic carbocycles. The number of aromatic nitrogens is 2. The highest BCUT2D eigenvalue weighted by Crippen LogP contribution is 2.44. The molecule has 0 saturated carbocycles. The average Bonchev–Trinajstić information content (AvgIpc) is 3.37. The van der Waals surface area contributed by atoms with Crippen LogP contribution in [0.3, 0.4) is 0 Å². The Balaban J connectivity index is 1.39. The summed E-state index contributed by atoms with van der Waals surface area (Å²) < 4.78 is 6.91. The lowest BCUT2D eigenvalue weighted by Gasteiger charge is -2.17. The number of ether oxygens (including phenoxy) is 1. The molecular formula is C25H26N4O6. The maximum absolute atomic E-state index is 12.6. The molecule has 1 aliphatic rings. The molecule has 10 nitrogen and oxygen atoms in total. The van der Waals surface area contributed by atoms with Gasteiger partial charge in [-0.25, -0.2) is 9.59 Å². The number of carbonyl (C=O) groups excluding carboxylic acids is 2. The number of hydrogen-bond donors (Lipinski definition) is 4. The van der Waals surface area contributed by atoms with Gasteiger partial charge in [0.05, 0.1) is 30.1 Å². The molecule has 0 radical (unpaired) electrons. The van der Waals surface area contributed by atoms with Gasteiger partial charge < -0.3 is 25.6 Å². The summed E-state index contributed by atoms with van der Waals surface area (Å²) in [5, 5.41) is 27.7. The van der Waals surface area contributed by atoms with Crippen LogP contribution >= 0.6 is 0 Å². The minimum Gasteiger partial charge on any atom is -0.480 e. The van der Waals surface area contributed by atoms with Crippen molar-refractivity contribution in [2.75, 3.05) is 6.61 Å². The Bertz CT molecular complexity index is 1220. The van der Waals surface area contributed by atoms with Gasteiger partial charge in [-0.15, -0.1) is 0 Å². The van der Waals surface area contributed by atoms with Gasteiger partial charge >= 0.3 is 12.1 Å². The molecule has 10 heteroatoms. The predicted molar refractivity (Wildman–Crippen MR) is 126 cm³/mol. The van der Waals surface area contributed by atoms with Crippen LogP contribution in [-0.2, 0) is 23.1 Å². The molecule has 1 aromatic heterocycles. The Kier molecular flexibility index (Phi) is 6.83. The number of aliphatic hydroxyl groups is 1. The molecule has 0 fully saturated rings. The van der Waals surface area contributed by atoms with Gasteiger partial charge in [-0.05, 0) is 29.2 Å². The molecule has 0 spiro atoms. The zero-order valence-corrected chi connectivity index (χ0v) is 19.3. The molecule has 4 rings (SSSR count). The maximum Gasteiger partial charge on any atom is 0.407 e. The van der Waals surface area contributed by atoms with Crippen LogP contribution in [-0.4, -0.2) is 56.7 Å². The van der Waals surface area contributed by atoms with Crippen molar-refractivity contribution in [3.8, 4) is 11.1 Å². The van der Waals surface area contributed by atoms with Gasteiger partial charge in [0.25, 0.3) is 5.91 Å². The SMILES string of the molecule is C[C@@H](O)[C@H](NC(=O)c1cnn(C)c1CNC(=O)OCC1c2ccccc2-c2ccccc21)C(=O)O. The van der Waals surface area contributed by atoms with Crippen LogP contribution in [0.4, 0.5) is 4.79 Å². The van der Waals surface area contributed by atoms with Crippen LogP contribution in [0.1, 0.15) is 40.0 Å². The highest BCUT2D eigenvalue weighted by Gasteiger charge is 2.30. The number of carboxylic acids is 1. The Labute approximate surface area is 201 Å². The van der Waals surface area contributed by atoms with Crippen molar-refractivity contribution >= 4 is 18.0 Å². The van der Waals surface area contributed by atoms with Gasteiger partial charge in [-0.3, -0.25) is 9.48 Å². The average molecular weight is 479 g/mol. The summed E-state index contributed by atoms with van der Waals surface area (Å²) in [6.07, 6.45) is -0.687. The number of carboxylic acid groups (broad SMARTS) is 1. The molecule has 4 N–H and O–H groups in total. The van der Waals surface area contributed by atoms with Crippen molar-refractivity contribution in [3.63, 3.8) is 0 Å². The molecule has 0 bridgehead atoms. The van der Waals surface area contributed by atoms with E-state index in [1.165, 1.54) is 17.8 Å². The van der Waals surface area contributed by atoms with Crippen LogP contribution in [0.15, 0.2) is 54.7 Å². The monoisotopic (exact) mass is 478 g/mol. The highest BCUT2D eigenvalue weighted by molar-refractivity contribution is 5.97. The number of alkyl carbamates (subject to hydrolysis) is 1. The van der Waals surface area contributed by atoms with Crippen molar-refractivity contribution in [1.29, 1.82) is 0 Å². The first-order valence-electron chi connectivity index (χ1n) is 11.1. The molecular weight excluding hydrogens is 452 g/mol. The first-order valence-corrected chi connectivity index (χ1v) is 11.1. The molecule has 2 atom stereocenters. The van der Waals surface area contributed by atoms with Crippen LogP contribution in [0.5, 0.6) is 0 Å². The number of nitrogens with one attached hydrogen (secondary N) is 2. The quantitative estimate of drug-likeness (QED) is 0.388. The number of amides is 2. The molecule has 1 heterocycles. The van der Waals surface area contributed by atoms with E-state index >= 15 is 0 Å². The molecule has 0 saturated heterocycles. The first kappa shape index (κ1) is 24.0. The van der Waals surface area contributed by atoms with Crippen molar-refractivity contribution < 1.29 is 29.3 Å². The van der Waals surface area contributed by atoms with E-state index in [2.05, 4.69) is 27.9 Å². The largest absolute Gasteiger partial charge is 0.480 e. The zero-order chi connectivity index (χ0) is 25.1. The summed E-state index contributed by atoms with van der Waals surface area (Å²) in [5.74, 6) is -2.18. The summed E-state index contributed by atoms with van der Waals surface area (Å²) in [4.78, 5) is 36.4. The number of benzene rings is 2. The second-order valence-electron chi connectivity index (χ2n) is 8.34. The van der Waals surface area contributed by atoms with Crippen LogP contribution in [0, 0.1) is 0 Å². The molecule has 2 aromatic carbocycles. The second-order valence-corrected chi connectivity index (χ2v) is 8.34. The second kappa shape index (κ2) is 9.98. The fraction of sp³-hybridized carbons (Fsp3) is 0.280. The highest BCUT2D eigenvalue weighted by atomic mass is 16.5. The topological polar surface area (TPSA) is 143 Å². The minimum absolute atomic E-state index is 0.0671. The van der Waals surface area contributed by atoms with Gasteiger partial charge in [0.2, 0.25) is 0 Å². The predicted octanol–water partition coefficient (Wildman–Crippen LogP) is 2.02. The maximum atomic E-state index is 12.6. The lowest BCUT2D eigenvalue weighted by Crippen LogP contribution is -2.47. The molecule has 0 aliphatic heterocycles. The van der Waals surface area contributed by atoms with Gasteiger partial charge in [0.15, 0.2) is 6.04 Å². The van der Waals surface area contributed by atoms with E-state index in [-0.39, 0.29) is 24.6 Å². The van der Waals surface area contributed by atoms with Crippen molar-refractivity contribution in [1.82, 2.24) is 20.4 Å². The van der Waals surface area contributed by atoms with E-state index in [9.17, 15) is 24.6 Å². The minimum atomic E-state index is -1.48. The molecule has 35 heavy (non-hydrogen) atoms. The Morgan fingerprint density at radius 2 is 1.69 bits per heavy atom. The third-order valence-corrected chi connectivity index (χ3v) is 6.09. The van der Waals surface area contributed by atoms with E-state index in [0.717, 1.165) is 22.3 Å². The summed E-state index contributed by atoms with van der Waals surface area (Å²) in [5.41, 5.74) is 4.87. The van der Waals surface area contributed by atoms with E-state index in [0.29, 0.717) is 5.69 Å². The van der Waals surface area contributed by atoms with E-state index in [4.69, 9.17) is 4.74 Å². The lowest BCUT2D eigenvalue weighted by molar-refractivity contribution is -0.141. The van der Waals surface area contributed by atoms with E-state index < -0.39 is 30.1 Å². The van der Waals surface area contributed by atoms with Crippen molar-refractivity contribution in [2.45, 2.75) is 31.5 Å². The summed E-state index contributed by atoms with van der Waals surface area (Å²) >= 11 is 0. The number of aryl methyl sites for hydroxylation is 1. The molecule has 0 unspecified atom stereocenters.